The minimum Gasteiger partial charge on any atom is -0.467 e. The number of piperidine rings is 1. The molecule has 1 unspecified atom stereocenters. The lowest BCUT2D eigenvalue weighted by atomic mass is 9.97. The second-order valence-electron chi connectivity index (χ2n) is 6.76. The number of carbonyl (C=O) groups excluding carboxylic acids is 1. The first-order valence-electron chi connectivity index (χ1n) is 9.25. The van der Waals surface area contributed by atoms with E-state index in [9.17, 15) is 4.79 Å². The molecule has 0 bridgehead atoms. The van der Waals surface area contributed by atoms with Crippen LogP contribution in [0.3, 0.4) is 0 Å². The number of hydrogen-bond acceptors (Lipinski definition) is 4. The topological polar surface area (TPSA) is 76.2 Å². The predicted molar refractivity (Wildman–Crippen MR) is 100 cm³/mol. The summed E-state index contributed by atoms with van der Waals surface area (Å²) in [5.41, 5.74) is 1.00. The Morgan fingerprint density at radius 1 is 1.22 bits per heavy atom. The predicted octanol–water partition coefficient (Wildman–Crippen LogP) is 3.01. The zero-order valence-electron chi connectivity index (χ0n) is 15.1. The average Bonchev–Trinajstić information content (AvgIpc) is 3.39. The van der Waals surface area contributed by atoms with Crippen molar-refractivity contribution < 1.29 is 9.21 Å². The Hall–Kier alpha value is -3.09. The molecule has 140 valence electrons. The number of pyridine rings is 1. The summed E-state index contributed by atoms with van der Waals surface area (Å²) in [4.78, 5) is 23.4. The van der Waals surface area contributed by atoms with Crippen LogP contribution in [-0.2, 0) is 13.1 Å². The lowest BCUT2D eigenvalue weighted by Gasteiger charge is -2.32. The summed E-state index contributed by atoms with van der Waals surface area (Å²) in [7, 11) is 0. The van der Waals surface area contributed by atoms with Gasteiger partial charge in [-0.3, -0.25) is 4.98 Å². The molecule has 7 nitrogen and oxygen atoms in total. The number of amides is 2. The first-order chi connectivity index (χ1) is 13.3. The van der Waals surface area contributed by atoms with Gasteiger partial charge < -0.3 is 19.2 Å². The Kier molecular flexibility index (Phi) is 5.18. The highest BCUT2D eigenvalue weighted by Crippen LogP contribution is 2.26. The number of imidazole rings is 1. The molecule has 2 amide bonds. The standard InChI is InChI=1S/C20H23N5O2/c26-20(23-13-18-7-4-12-27-18)25-10-3-5-16(14-25)19-22-9-11-24(19)15-17-6-1-2-8-21-17/h1-2,4,6-9,11-12,16H,3,5,10,13-15H2,(H,23,26). The van der Waals surface area contributed by atoms with Crippen molar-refractivity contribution in [2.75, 3.05) is 13.1 Å². The molecule has 0 aromatic carbocycles. The fourth-order valence-electron chi connectivity index (χ4n) is 3.54. The molecule has 1 fully saturated rings. The number of aromatic nitrogens is 3. The van der Waals surface area contributed by atoms with E-state index in [0.717, 1.165) is 36.7 Å². The summed E-state index contributed by atoms with van der Waals surface area (Å²) < 4.78 is 7.41. The van der Waals surface area contributed by atoms with Gasteiger partial charge in [-0.15, -0.1) is 0 Å². The van der Waals surface area contributed by atoms with Gasteiger partial charge in [0.25, 0.3) is 0 Å². The number of furan rings is 1. The first-order valence-corrected chi connectivity index (χ1v) is 9.25. The maximum absolute atomic E-state index is 12.5. The quantitative estimate of drug-likeness (QED) is 0.754. The molecule has 0 aliphatic carbocycles. The second-order valence-corrected chi connectivity index (χ2v) is 6.76. The summed E-state index contributed by atoms with van der Waals surface area (Å²) in [5, 5.41) is 2.93. The van der Waals surface area contributed by atoms with Crippen molar-refractivity contribution in [3.05, 3.63) is 72.5 Å². The summed E-state index contributed by atoms with van der Waals surface area (Å²) in [6.45, 7) is 2.53. The Morgan fingerprint density at radius 3 is 3.00 bits per heavy atom. The molecule has 1 aliphatic rings. The molecule has 27 heavy (non-hydrogen) atoms. The van der Waals surface area contributed by atoms with Crippen molar-refractivity contribution in [1.29, 1.82) is 0 Å². The fourth-order valence-corrected chi connectivity index (χ4v) is 3.54. The molecule has 3 aromatic heterocycles. The van der Waals surface area contributed by atoms with Gasteiger partial charge in [0.1, 0.15) is 11.6 Å². The molecular weight excluding hydrogens is 342 g/mol. The van der Waals surface area contributed by atoms with Gasteiger partial charge in [-0.1, -0.05) is 6.07 Å². The van der Waals surface area contributed by atoms with E-state index < -0.39 is 0 Å². The van der Waals surface area contributed by atoms with Crippen LogP contribution in [-0.4, -0.2) is 38.6 Å². The minimum atomic E-state index is -0.0565. The maximum atomic E-state index is 12.5. The van der Waals surface area contributed by atoms with Gasteiger partial charge >= 0.3 is 6.03 Å². The smallest absolute Gasteiger partial charge is 0.317 e. The van der Waals surface area contributed by atoms with Gasteiger partial charge in [-0.05, 0) is 37.1 Å². The van der Waals surface area contributed by atoms with Crippen molar-refractivity contribution in [1.82, 2.24) is 24.8 Å². The van der Waals surface area contributed by atoms with Crippen LogP contribution in [0.1, 0.15) is 36.0 Å². The molecule has 4 rings (SSSR count). The number of likely N-dealkylation sites (tertiary alicyclic amines) is 1. The van der Waals surface area contributed by atoms with Gasteiger partial charge in [0.2, 0.25) is 0 Å². The van der Waals surface area contributed by atoms with Crippen LogP contribution in [0.25, 0.3) is 0 Å². The number of urea groups is 1. The molecule has 1 saturated heterocycles. The highest BCUT2D eigenvalue weighted by molar-refractivity contribution is 5.74. The average molecular weight is 365 g/mol. The first kappa shape index (κ1) is 17.3. The number of hydrogen-bond donors (Lipinski definition) is 1. The highest BCUT2D eigenvalue weighted by Gasteiger charge is 2.27. The van der Waals surface area contributed by atoms with Gasteiger partial charge in [0, 0.05) is 37.6 Å². The highest BCUT2D eigenvalue weighted by atomic mass is 16.3. The van der Waals surface area contributed by atoms with Gasteiger partial charge in [0.15, 0.2) is 0 Å². The molecule has 3 aromatic rings. The molecule has 1 atom stereocenters. The number of nitrogens with zero attached hydrogens (tertiary/aromatic N) is 4. The minimum absolute atomic E-state index is 0.0565. The van der Waals surface area contributed by atoms with E-state index in [1.165, 1.54) is 0 Å². The van der Waals surface area contributed by atoms with Crippen molar-refractivity contribution in [3.8, 4) is 0 Å². The summed E-state index contributed by atoms with van der Waals surface area (Å²) in [6.07, 6.45) is 9.22. The van der Waals surface area contributed by atoms with E-state index in [0.29, 0.717) is 19.6 Å². The molecule has 7 heteroatoms. The lowest BCUT2D eigenvalue weighted by molar-refractivity contribution is 0.176. The Balaban J connectivity index is 1.40. The number of nitrogens with one attached hydrogen (secondary N) is 1. The van der Waals surface area contributed by atoms with Crippen LogP contribution in [0.4, 0.5) is 4.79 Å². The molecule has 0 spiro atoms. The van der Waals surface area contributed by atoms with Crippen LogP contribution in [0.2, 0.25) is 0 Å². The SMILES string of the molecule is O=C(NCc1ccco1)N1CCCC(c2nccn2Cc2ccccn2)C1. The Bertz CT molecular complexity index is 860. The van der Waals surface area contributed by atoms with Crippen LogP contribution in [0.15, 0.2) is 59.6 Å². The van der Waals surface area contributed by atoms with Crippen LogP contribution in [0.5, 0.6) is 0 Å². The van der Waals surface area contributed by atoms with E-state index in [-0.39, 0.29) is 11.9 Å². The van der Waals surface area contributed by atoms with E-state index >= 15 is 0 Å². The Labute approximate surface area is 158 Å². The van der Waals surface area contributed by atoms with Crippen molar-refractivity contribution in [2.24, 2.45) is 0 Å². The molecule has 1 N–H and O–H groups in total. The molecule has 0 saturated carbocycles. The molecular formula is C20H23N5O2. The largest absolute Gasteiger partial charge is 0.467 e. The maximum Gasteiger partial charge on any atom is 0.317 e. The molecule has 0 radical (unpaired) electrons. The molecule has 1 aliphatic heterocycles. The van der Waals surface area contributed by atoms with E-state index in [1.54, 1.807) is 12.5 Å². The normalized spacial score (nSPS) is 17.0. The van der Waals surface area contributed by atoms with Gasteiger partial charge in [-0.2, -0.15) is 0 Å². The van der Waals surface area contributed by atoms with Crippen molar-refractivity contribution in [3.63, 3.8) is 0 Å². The summed E-state index contributed by atoms with van der Waals surface area (Å²) >= 11 is 0. The van der Waals surface area contributed by atoms with Gasteiger partial charge in [0.05, 0.1) is 25.0 Å². The Morgan fingerprint density at radius 2 is 2.19 bits per heavy atom. The van der Waals surface area contributed by atoms with Crippen molar-refractivity contribution in [2.45, 2.75) is 31.8 Å². The zero-order chi connectivity index (χ0) is 18.5. The lowest BCUT2D eigenvalue weighted by Crippen LogP contribution is -2.45. The fraction of sp³-hybridized carbons (Fsp3) is 0.350. The van der Waals surface area contributed by atoms with E-state index in [4.69, 9.17) is 4.42 Å². The van der Waals surface area contributed by atoms with E-state index in [2.05, 4.69) is 19.9 Å². The van der Waals surface area contributed by atoms with E-state index in [1.807, 2.05) is 47.6 Å². The second kappa shape index (κ2) is 8.07. The van der Waals surface area contributed by atoms with Crippen LogP contribution < -0.4 is 5.32 Å². The third-order valence-electron chi connectivity index (χ3n) is 4.87. The van der Waals surface area contributed by atoms with Crippen LogP contribution >= 0.6 is 0 Å². The van der Waals surface area contributed by atoms with Crippen LogP contribution in [0, 0.1) is 0 Å². The summed E-state index contributed by atoms with van der Waals surface area (Å²) in [6, 6.07) is 9.54. The number of rotatable bonds is 5. The van der Waals surface area contributed by atoms with Crippen molar-refractivity contribution >= 4 is 6.03 Å². The summed E-state index contributed by atoms with van der Waals surface area (Å²) in [5.74, 6) is 2.00. The molecule has 4 heterocycles. The zero-order valence-corrected chi connectivity index (χ0v) is 15.1. The number of carbonyl (C=O) groups is 1. The third kappa shape index (κ3) is 4.19. The monoisotopic (exact) mass is 365 g/mol. The van der Waals surface area contributed by atoms with Gasteiger partial charge in [-0.25, -0.2) is 9.78 Å². The third-order valence-corrected chi connectivity index (χ3v) is 4.87.